The molecule has 150 valence electrons. The zero-order valence-corrected chi connectivity index (χ0v) is 17.6. The first-order valence-corrected chi connectivity index (χ1v) is 10.7. The number of aryl methyl sites for hydroxylation is 1. The number of hydrogen-bond donors (Lipinski definition) is 1. The molecule has 4 rings (SSSR count). The van der Waals surface area contributed by atoms with E-state index in [0.29, 0.717) is 24.4 Å². The topological polar surface area (TPSA) is 75.3 Å². The first kappa shape index (κ1) is 19.4. The number of nitrogens with two attached hydrogens (primary N) is 1. The summed E-state index contributed by atoms with van der Waals surface area (Å²) in [6, 6.07) is 9.79. The third-order valence-corrected chi connectivity index (χ3v) is 6.47. The minimum Gasteiger partial charge on any atom is -0.398 e. The van der Waals surface area contributed by atoms with E-state index in [1.54, 1.807) is 17.7 Å². The van der Waals surface area contributed by atoms with Crippen molar-refractivity contribution in [2.24, 2.45) is 0 Å². The number of amides is 1. The van der Waals surface area contributed by atoms with E-state index in [9.17, 15) is 4.79 Å². The van der Waals surface area contributed by atoms with E-state index in [0.717, 1.165) is 41.1 Å². The van der Waals surface area contributed by atoms with Gasteiger partial charge in [-0.2, -0.15) is 0 Å². The average molecular weight is 408 g/mol. The minimum atomic E-state index is 0.0598. The third-order valence-electron chi connectivity index (χ3n) is 5.28. The fourth-order valence-electron chi connectivity index (χ4n) is 3.63. The van der Waals surface area contributed by atoms with Gasteiger partial charge in [-0.3, -0.25) is 4.79 Å². The number of nitrogens with zero attached hydrogens (tertiary/aromatic N) is 4. The van der Waals surface area contributed by atoms with Crippen molar-refractivity contribution in [1.82, 2.24) is 14.9 Å². The number of nitrogen functional groups attached to an aromatic ring is 1. The van der Waals surface area contributed by atoms with Crippen LogP contribution in [0.2, 0.25) is 0 Å². The molecule has 7 heteroatoms. The van der Waals surface area contributed by atoms with Gasteiger partial charge in [0.15, 0.2) is 0 Å². The molecule has 1 aromatic carbocycles. The molecule has 29 heavy (non-hydrogen) atoms. The van der Waals surface area contributed by atoms with Gasteiger partial charge in [-0.25, -0.2) is 9.97 Å². The summed E-state index contributed by atoms with van der Waals surface area (Å²) in [5.41, 5.74) is 8.26. The van der Waals surface area contributed by atoms with Gasteiger partial charge >= 0.3 is 0 Å². The molecule has 1 amide bonds. The maximum atomic E-state index is 12.9. The summed E-state index contributed by atoms with van der Waals surface area (Å²) in [4.78, 5) is 28.4. The van der Waals surface area contributed by atoms with Crippen LogP contribution in [-0.4, -0.2) is 47.0 Å². The van der Waals surface area contributed by atoms with Crippen LogP contribution >= 0.6 is 11.3 Å². The summed E-state index contributed by atoms with van der Waals surface area (Å²) in [5.74, 6) is 1.03. The molecule has 0 saturated carbocycles. The average Bonchev–Trinajstić information content (AvgIpc) is 3.18. The number of aromatic nitrogens is 2. The zero-order chi connectivity index (χ0) is 20.4. The first-order chi connectivity index (χ1) is 14.1. The van der Waals surface area contributed by atoms with Gasteiger partial charge in [0.25, 0.3) is 0 Å². The Morgan fingerprint density at radius 1 is 1.21 bits per heavy atom. The molecular formula is C22H25N5OS. The maximum absolute atomic E-state index is 12.9. The van der Waals surface area contributed by atoms with Crippen molar-refractivity contribution in [3.63, 3.8) is 0 Å². The summed E-state index contributed by atoms with van der Waals surface area (Å²) in [7, 11) is 0. The molecule has 1 aliphatic heterocycles. The van der Waals surface area contributed by atoms with E-state index in [4.69, 9.17) is 5.73 Å². The van der Waals surface area contributed by atoms with Crippen molar-refractivity contribution in [1.29, 1.82) is 0 Å². The van der Waals surface area contributed by atoms with Gasteiger partial charge in [0.1, 0.15) is 17.0 Å². The molecule has 2 aromatic heterocycles. The number of carbonyl (C=O) groups is 1. The number of fused-ring (bicyclic) bond motifs is 1. The van der Waals surface area contributed by atoms with Crippen molar-refractivity contribution < 1.29 is 4.79 Å². The minimum absolute atomic E-state index is 0.0598. The monoisotopic (exact) mass is 407 g/mol. The van der Waals surface area contributed by atoms with Gasteiger partial charge in [0.05, 0.1) is 5.39 Å². The number of para-hydroxylation sites is 1. The maximum Gasteiger partial charge on any atom is 0.249 e. The van der Waals surface area contributed by atoms with Crippen molar-refractivity contribution in [3.05, 3.63) is 52.7 Å². The molecule has 0 radical (unpaired) electrons. The van der Waals surface area contributed by atoms with E-state index in [1.807, 2.05) is 42.2 Å². The molecule has 0 aliphatic carbocycles. The molecule has 1 fully saturated rings. The van der Waals surface area contributed by atoms with Gasteiger partial charge in [-0.15, -0.1) is 11.3 Å². The van der Waals surface area contributed by atoms with E-state index in [-0.39, 0.29) is 5.91 Å². The number of hydrogen-bond acceptors (Lipinski definition) is 6. The normalized spacial score (nSPS) is 15.2. The fourth-order valence-corrected chi connectivity index (χ4v) is 4.56. The Morgan fingerprint density at radius 3 is 2.69 bits per heavy atom. The Hall–Kier alpha value is -2.93. The second-order valence-corrected chi connectivity index (χ2v) is 8.33. The standard InChI is InChI=1S/C22H25N5OS/c1-3-17-13-18-20(24-14-25-21(18)29-17)26-8-10-27(11-9-26)22(28)15(2)12-16-6-4-5-7-19(16)23/h4-7,12-14H,3,8-11,23H2,1-2H3/b15-12+. The highest BCUT2D eigenvalue weighted by Gasteiger charge is 2.24. The molecule has 2 N–H and O–H groups in total. The second-order valence-electron chi connectivity index (χ2n) is 7.22. The highest BCUT2D eigenvalue weighted by atomic mass is 32.1. The lowest BCUT2D eigenvalue weighted by atomic mass is 10.1. The van der Waals surface area contributed by atoms with E-state index in [2.05, 4.69) is 27.9 Å². The molecule has 0 bridgehead atoms. The quantitative estimate of drug-likeness (QED) is 0.528. The molecule has 6 nitrogen and oxygen atoms in total. The number of benzene rings is 1. The molecule has 0 unspecified atom stereocenters. The van der Waals surface area contributed by atoms with Gasteiger partial charge in [0, 0.05) is 42.3 Å². The van der Waals surface area contributed by atoms with E-state index < -0.39 is 0 Å². The SMILES string of the molecule is CCc1cc2c(N3CCN(C(=O)/C(C)=C/c4ccccc4N)CC3)ncnc2s1. The number of rotatable bonds is 4. The molecule has 3 aromatic rings. The van der Waals surface area contributed by atoms with Crippen molar-refractivity contribution >= 4 is 45.0 Å². The molecule has 0 spiro atoms. The highest BCUT2D eigenvalue weighted by Crippen LogP contribution is 2.31. The van der Waals surface area contributed by atoms with E-state index >= 15 is 0 Å². The Kier molecular flexibility index (Phi) is 5.49. The Labute approximate surface area is 174 Å². The predicted molar refractivity (Wildman–Crippen MR) is 120 cm³/mol. The molecule has 1 saturated heterocycles. The van der Waals surface area contributed by atoms with Crippen LogP contribution in [-0.2, 0) is 11.2 Å². The van der Waals surface area contributed by atoms with Crippen LogP contribution in [0, 0.1) is 0 Å². The van der Waals surface area contributed by atoms with Gasteiger partial charge in [0.2, 0.25) is 5.91 Å². The summed E-state index contributed by atoms with van der Waals surface area (Å²) in [6.07, 6.45) is 4.51. The highest BCUT2D eigenvalue weighted by molar-refractivity contribution is 7.18. The van der Waals surface area contributed by atoms with Gasteiger partial charge < -0.3 is 15.5 Å². The van der Waals surface area contributed by atoms with Crippen LogP contribution in [0.5, 0.6) is 0 Å². The summed E-state index contributed by atoms with van der Waals surface area (Å²) in [6.45, 7) is 6.87. The Morgan fingerprint density at radius 2 is 1.97 bits per heavy atom. The zero-order valence-electron chi connectivity index (χ0n) is 16.8. The predicted octanol–water partition coefficient (Wildman–Crippen LogP) is 3.59. The third kappa shape index (κ3) is 3.96. The number of carbonyl (C=O) groups excluding carboxylic acids is 1. The largest absolute Gasteiger partial charge is 0.398 e. The lowest BCUT2D eigenvalue weighted by Crippen LogP contribution is -2.49. The summed E-state index contributed by atoms with van der Waals surface area (Å²) < 4.78 is 0. The van der Waals surface area contributed by atoms with Crippen LogP contribution in [0.15, 0.2) is 42.2 Å². The van der Waals surface area contributed by atoms with Crippen LogP contribution in [0.4, 0.5) is 11.5 Å². The fraction of sp³-hybridized carbons (Fsp3) is 0.318. The van der Waals surface area contributed by atoms with Crippen molar-refractivity contribution in [2.75, 3.05) is 36.8 Å². The molecule has 0 atom stereocenters. The first-order valence-electron chi connectivity index (χ1n) is 9.87. The summed E-state index contributed by atoms with van der Waals surface area (Å²) >= 11 is 1.73. The molecular weight excluding hydrogens is 382 g/mol. The number of thiophene rings is 1. The van der Waals surface area contributed by atoms with Crippen LogP contribution in [0.3, 0.4) is 0 Å². The van der Waals surface area contributed by atoms with Crippen LogP contribution in [0.1, 0.15) is 24.3 Å². The summed E-state index contributed by atoms with van der Waals surface area (Å²) in [5, 5.41) is 1.12. The van der Waals surface area contributed by atoms with Crippen molar-refractivity contribution in [2.45, 2.75) is 20.3 Å². The van der Waals surface area contributed by atoms with Gasteiger partial charge in [-0.1, -0.05) is 25.1 Å². The second kappa shape index (κ2) is 8.21. The number of anilines is 2. The van der Waals surface area contributed by atoms with Crippen molar-refractivity contribution in [3.8, 4) is 0 Å². The number of piperazine rings is 1. The Balaban J connectivity index is 1.46. The van der Waals surface area contributed by atoms with Crippen LogP contribution in [0.25, 0.3) is 16.3 Å². The lowest BCUT2D eigenvalue weighted by molar-refractivity contribution is -0.127. The smallest absolute Gasteiger partial charge is 0.249 e. The molecule has 3 heterocycles. The van der Waals surface area contributed by atoms with E-state index in [1.165, 1.54) is 4.88 Å². The van der Waals surface area contributed by atoms with Crippen LogP contribution < -0.4 is 10.6 Å². The molecule has 1 aliphatic rings. The lowest BCUT2D eigenvalue weighted by Gasteiger charge is -2.35. The van der Waals surface area contributed by atoms with Gasteiger partial charge in [-0.05, 0) is 37.1 Å². The Bertz CT molecular complexity index is 1070.